The van der Waals surface area contributed by atoms with E-state index in [9.17, 15) is 4.79 Å². The molecular formula is C9H9BrO3. The predicted octanol–water partition coefficient (Wildman–Crippen LogP) is 2.28. The van der Waals surface area contributed by atoms with Gasteiger partial charge in [0.1, 0.15) is 6.29 Å². The van der Waals surface area contributed by atoms with Crippen LogP contribution in [0.5, 0.6) is 11.5 Å². The zero-order chi connectivity index (χ0) is 12.3. The molecule has 0 saturated carbocycles. The van der Waals surface area contributed by atoms with Crippen molar-refractivity contribution < 1.29 is 18.4 Å². The van der Waals surface area contributed by atoms with Crippen molar-refractivity contribution in [3.8, 4) is 11.5 Å². The van der Waals surface area contributed by atoms with Gasteiger partial charge in [-0.15, -0.1) is 0 Å². The number of rotatable bonds is 3. The third-order valence-electron chi connectivity index (χ3n) is 1.49. The molecule has 0 aliphatic heterocycles. The Morgan fingerprint density at radius 2 is 2.31 bits per heavy atom. The summed E-state index contributed by atoms with van der Waals surface area (Å²) in [5, 5.41) is 0. The monoisotopic (exact) mass is 247 g/mol. The quantitative estimate of drug-likeness (QED) is 0.770. The number of aldehydes is 1. The molecule has 0 bridgehead atoms. The molecule has 0 heterocycles. The highest BCUT2D eigenvalue weighted by Crippen LogP contribution is 2.35. The van der Waals surface area contributed by atoms with Crippen molar-refractivity contribution in [2.24, 2.45) is 0 Å². The molecule has 0 atom stereocenters. The van der Waals surface area contributed by atoms with Crippen molar-refractivity contribution in [2.45, 2.75) is 0 Å². The fourth-order valence-corrected chi connectivity index (χ4v) is 1.45. The first-order valence-electron chi connectivity index (χ1n) is 4.89. The van der Waals surface area contributed by atoms with E-state index in [4.69, 9.17) is 13.6 Å². The van der Waals surface area contributed by atoms with E-state index in [0.29, 0.717) is 16.3 Å². The largest absolute Gasteiger partial charge is 0.493 e. The number of hydrogen-bond acceptors (Lipinski definition) is 3. The van der Waals surface area contributed by atoms with Gasteiger partial charge in [-0.05, 0) is 28.1 Å². The average molecular weight is 248 g/mol. The smallest absolute Gasteiger partial charge is 0.174 e. The molecule has 3 nitrogen and oxygen atoms in total. The number of methoxy groups -OCH3 is 2. The van der Waals surface area contributed by atoms with Crippen LogP contribution >= 0.6 is 15.9 Å². The average Bonchev–Trinajstić information content (AvgIpc) is 2.19. The summed E-state index contributed by atoms with van der Waals surface area (Å²) in [6.07, 6.45) is 0.631. The molecule has 13 heavy (non-hydrogen) atoms. The minimum Gasteiger partial charge on any atom is -0.493 e. The number of halogens is 1. The van der Waals surface area contributed by atoms with Crippen LogP contribution in [0.15, 0.2) is 16.6 Å². The van der Waals surface area contributed by atoms with Crippen molar-refractivity contribution >= 4 is 22.2 Å². The molecule has 0 radical (unpaired) electrons. The minimum absolute atomic E-state index is 0.0492. The van der Waals surface area contributed by atoms with Gasteiger partial charge in [0, 0.05) is 5.56 Å². The van der Waals surface area contributed by atoms with Crippen LogP contribution in [0.4, 0.5) is 0 Å². The van der Waals surface area contributed by atoms with Gasteiger partial charge < -0.3 is 9.47 Å². The highest BCUT2D eigenvalue weighted by atomic mass is 79.9. The number of benzene rings is 1. The molecule has 1 aromatic carbocycles. The minimum atomic E-state index is -2.57. The topological polar surface area (TPSA) is 35.5 Å². The van der Waals surface area contributed by atoms with Gasteiger partial charge in [-0.1, -0.05) is 0 Å². The number of carbonyl (C=O) groups excluding carboxylic acids is 1. The van der Waals surface area contributed by atoms with Crippen LogP contribution in [0.2, 0.25) is 0 Å². The highest BCUT2D eigenvalue weighted by Gasteiger charge is 2.09. The Morgan fingerprint density at radius 1 is 1.54 bits per heavy atom. The van der Waals surface area contributed by atoms with E-state index in [1.165, 1.54) is 19.2 Å². The Balaban J connectivity index is 3.21. The van der Waals surface area contributed by atoms with Gasteiger partial charge >= 0.3 is 0 Å². The second-order valence-electron chi connectivity index (χ2n) is 2.25. The molecule has 0 spiro atoms. The SMILES string of the molecule is [2H]C([2H])([2H])Oc1c(Br)cc(C=O)cc1OC. The van der Waals surface area contributed by atoms with E-state index in [0.717, 1.165) is 0 Å². The van der Waals surface area contributed by atoms with Crippen molar-refractivity contribution in [1.29, 1.82) is 0 Å². The van der Waals surface area contributed by atoms with E-state index in [-0.39, 0.29) is 11.5 Å². The number of hydrogen-bond donors (Lipinski definition) is 0. The summed E-state index contributed by atoms with van der Waals surface area (Å²) in [7, 11) is -1.21. The summed E-state index contributed by atoms with van der Waals surface area (Å²) in [5.41, 5.74) is 0.363. The second kappa shape index (κ2) is 4.28. The fraction of sp³-hybridized carbons (Fsp3) is 0.222. The van der Waals surface area contributed by atoms with Crippen LogP contribution in [-0.2, 0) is 0 Å². The Hall–Kier alpha value is -1.03. The van der Waals surface area contributed by atoms with Gasteiger partial charge in [0.05, 0.1) is 22.7 Å². The maximum absolute atomic E-state index is 10.6. The lowest BCUT2D eigenvalue weighted by Gasteiger charge is -2.09. The molecule has 0 aliphatic carbocycles. The van der Waals surface area contributed by atoms with Crippen molar-refractivity contribution in [3.63, 3.8) is 0 Å². The molecule has 70 valence electrons. The summed E-state index contributed by atoms with van der Waals surface area (Å²) in [6.45, 7) is 0. The van der Waals surface area contributed by atoms with Crippen LogP contribution in [-0.4, -0.2) is 20.4 Å². The van der Waals surface area contributed by atoms with E-state index in [1.54, 1.807) is 0 Å². The first kappa shape index (κ1) is 6.43. The van der Waals surface area contributed by atoms with Crippen LogP contribution < -0.4 is 9.47 Å². The Labute approximate surface area is 89.0 Å². The molecule has 0 saturated heterocycles. The van der Waals surface area contributed by atoms with Crippen LogP contribution in [0.1, 0.15) is 14.5 Å². The van der Waals surface area contributed by atoms with Crippen LogP contribution in [0, 0.1) is 0 Å². The lowest BCUT2D eigenvalue weighted by Crippen LogP contribution is -1.93. The molecule has 0 aromatic heterocycles. The standard InChI is InChI=1S/C9H9BrO3/c1-12-8-4-6(5-11)3-7(10)9(8)13-2/h3-5H,1-2H3/i2D3. The predicted molar refractivity (Wildman–Crippen MR) is 52.6 cm³/mol. The summed E-state index contributed by atoms with van der Waals surface area (Å²) in [5.74, 6) is 0.237. The number of carbonyl (C=O) groups is 1. The number of ether oxygens (including phenoxy) is 2. The molecule has 4 heteroatoms. The van der Waals surface area contributed by atoms with Gasteiger partial charge in [0.2, 0.25) is 0 Å². The molecule has 1 rings (SSSR count). The molecule has 0 aliphatic rings. The van der Waals surface area contributed by atoms with Crippen molar-refractivity contribution in [2.75, 3.05) is 14.1 Å². The van der Waals surface area contributed by atoms with Crippen molar-refractivity contribution in [3.05, 3.63) is 22.2 Å². The Kier molecular flexibility index (Phi) is 2.11. The van der Waals surface area contributed by atoms with Crippen molar-refractivity contribution in [1.82, 2.24) is 0 Å². The molecule has 0 fully saturated rings. The van der Waals surface area contributed by atoms with Crippen LogP contribution in [0.25, 0.3) is 0 Å². The molecule has 0 unspecified atom stereocenters. The van der Waals surface area contributed by atoms with E-state index in [1.807, 2.05) is 0 Å². The van der Waals surface area contributed by atoms with Gasteiger partial charge in [0.15, 0.2) is 11.5 Å². The summed E-state index contributed by atoms with van der Waals surface area (Å²) in [6, 6.07) is 2.86. The highest BCUT2D eigenvalue weighted by molar-refractivity contribution is 9.10. The zero-order valence-corrected chi connectivity index (χ0v) is 8.42. The first-order chi connectivity index (χ1) is 7.37. The molecule has 1 aromatic rings. The van der Waals surface area contributed by atoms with Gasteiger partial charge in [-0.3, -0.25) is 4.79 Å². The lowest BCUT2D eigenvalue weighted by atomic mass is 10.2. The Bertz CT molecular complexity index is 404. The summed E-state index contributed by atoms with van der Waals surface area (Å²) >= 11 is 3.12. The van der Waals surface area contributed by atoms with Crippen LogP contribution in [0.3, 0.4) is 0 Å². The maximum Gasteiger partial charge on any atom is 0.174 e. The first-order valence-corrected chi connectivity index (χ1v) is 4.18. The molecular weight excluding hydrogens is 236 g/mol. The second-order valence-corrected chi connectivity index (χ2v) is 3.11. The molecule has 0 N–H and O–H groups in total. The van der Waals surface area contributed by atoms with Gasteiger partial charge in [-0.2, -0.15) is 0 Å². The van der Waals surface area contributed by atoms with E-state index in [2.05, 4.69) is 15.9 Å². The normalized spacial score (nSPS) is 13.8. The third-order valence-corrected chi connectivity index (χ3v) is 2.08. The zero-order valence-electron chi connectivity index (χ0n) is 9.83. The third kappa shape index (κ3) is 2.01. The summed E-state index contributed by atoms with van der Waals surface area (Å²) in [4.78, 5) is 10.6. The Morgan fingerprint density at radius 3 is 2.85 bits per heavy atom. The van der Waals surface area contributed by atoms with E-state index < -0.39 is 7.04 Å². The lowest BCUT2D eigenvalue weighted by molar-refractivity contribution is 0.112. The molecule has 0 amide bonds. The van der Waals surface area contributed by atoms with Gasteiger partial charge in [-0.25, -0.2) is 0 Å². The van der Waals surface area contributed by atoms with E-state index >= 15 is 0 Å². The maximum atomic E-state index is 10.6. The van der Waals surface area contributed by atoms with Gasteiger partial charge in [0.25, 0.3) is 0 Å². The fourth-order valence-electron chi connectivity index (χ4n) is 0.907. The summed E-state index contributed by atoms with van der Waals surface area (Å²) < 4.78 is 31.1.